The van der Waals surface area contributed by atoms with Crippen molar-refractivity contribution < 1.29 is 9.59 Å². The zero-order valence-electron chi connectivity index (χ0n) is 12.0. The van der Waals surface area contributed by atoms with Crippen LogP contribution < -0.4 is 16.4 Å². The maximum atomic E-state index is 11.7. The van der Waals surface area contributed by atoms with Crippen LogP contribution in [0.4, 0.5) is 10.5 Å². The Labute approximate surface area is 123 Å². The molecular formula is C14H21N3O2S. The Morgan fingerprint density at radius 3 is 2.60 bits per heavy atom. The molecule has 110 valence electrons. The molecule has 6 heteroatoms. The molecule has 5 nitrogen and oxygen atoms in total. The minimum atomic E-state index is -0.477. The Kier molecular flexibility index (Phi) is 6.38. The van der Waals surface area contributed by atoms with Gasteiger partial charge < -0.3 is 16.4 Å². The van der Waals surface area contributed by atoms with Crippen LogP contribution in [0.1, 0.15) is 29.8 Å². The molecule has 0 aliphatic heterocycles. The molecule has 0 aromatic heterocycles. The molecule has 1 aromatic rings. The zero-order chi connectivity index (χ0) is 15.1. The lowest BCUT2D eigenvalue weighted by Crippen LogP contribution is -2.31. The fourth-order valence-corrected chi connectivity index (χ4v) is 2.27. The van der Waals surface area contributed by atoms with Crippen molar-refractivity contribution in [2.45, 2.75) is 26.0 Å². The smallest absolute Gasteiger partial charge is 0.319 e. The average molecular weight is 295 g/mol. The van der Waals surface area contributed by atoms with Crippen LogP contribution >= 0.6 is 11.8 Å². The molecule has 0 saturated heterocycles. The van der Waals surface area contributed by atoms with Crippen molar-refractivity contribution in [1.29, 1.82) is 0 Å². The van der Waals surface area contributed by atoms with E-state index in [2.05, 4.69) is 24.5 Å². The van der Waals surface area contributed by atoms with Gasteiger partial charge in [-0.2, -0.15) is 11.8 Å². The Hall–Kier alpha value is -1.69. The highest BCUT2D eigenvalue weighted by Gasteiger charge is 2.07. The summed E-state index contributed by atoms with van der Waals surface area (Å²) in [4.78, 5) is 22.7. The maximum Gasteiger partial charge on any atom is 0.319 e. The van der Waals surface area contributed by atoms with Gasteiger partial charge in [0.2, 0.25) is 5.91 Å². The standard InChI is InChI=1S/C14H21N3O2S/c1-9(2)20-7-6-16-14(19)17-12-5-4-11(13(15)18)8-10(12)3/h4-5,8-9H,6-7H2,1-3H3,(H2,15,18)(H2,16,17,19). The van der Waals surface area contributed by atoms with Gasteiger partial charge in [0.1, 0.15) is 0 Å². The molecule has 0 fully saturated rings. The highest BCUT2D eigenvalue weighted by atomic mass is 32.2. The van der Waals surface area contributed by atoms with Gasteiger partial charge in [0.15, 0.2) is 0 Å². The van der Waals surface area contributed by atoms with Gasteiger partial charge in [-0.05, 0) is 35.9 Å². The van der Waals surface area contributed by atoms with E-state index in [1.54, 1.807) is 30.0 Å². The van der Waals surface area contributed by atoms with E-state index >= 15 is 0 Å². The Balaban J connectivity index is 2.48. The summed E-state index contributed by atoms with van der Waals surface area (Å²) in [5, 5.41) is 6.10. The number of anilines is 1. The van der Waals surface area contributed by atoms with E-state index in [0.29, 0.717) is 23.0 Å². The minimum Gasteiger partial charge on any atom is -0.366 e. The molecule has 20 heavy (non-hydrogen) atoms. The van der Waals surface area contributed by atoms with Crippen molar-refractivity contribution in [3.8, 4) is 0 Å². The number of hydrogen-bond donors (Lipinski definition) is 3. The van der Waals surface area contributed by atoms with Gasteiger partial charge in [0.25, 0.3) is 0 Å². The maximum absolute atomic E-state index is 11.7. The van der Waals surface area contributed by atoms with Crippen molar-refractivity contribution in [2.75, 3.05) is 17.6 Å². The van der Waals surface area contributed by atoms with Crippen LogP contribution in [-0.4, -0.2) is 29.5 Å². The normalized spacial score (nSPS) is 10.4. The van der Waals surface area contributed by atoms with Gasteiger partial charge >= 0.3 is 6.03 Å². The summed E-state index contributed by atoms with van der Waals surface area (Å²) in [6, 6.07) is 4.69. The number of nitrogens with two attached hydrogens (primary N) is 1. The fourth-order valence-electron chi connectivity index (χ4n) is 1.58. The average Bonchev–Trinajstić information content (AvgIpc) is 2.36. The monoisotopic (exact) mass is 295 g/mol. The van der Waals surface area contributed by atoms with Crippen molar-refractivity contribution >= 4 is 29.4 Å². The number of carbonyl (C=O) groups excluding carboxylic acids is 2. The topological polar surface area (TPSA) is 84.2 Å². The number of amides is 3. The SMILES string of the molecule is Cc1cc(C(N)=O)ccc1NC(=O)NCCSC(C)C. The van der Waals surface area contributed by atoms with Crippen molar-refractivity contribution in [1.82, 2.24) is 5.32 Å². The Morgan fingerprint density at radius 2 is 2.05 bits per heavy atom. The van der Waals surface area contributed by atoms with Crippen LogP contribution in [0, 0.1) is 6.92 Å². The summed E-state index contributed by atoms with van der Waals surface area (Å²) in [6.07, 6.45) is 0. The van der Waals surface area contributed by atoms with E-state index < -0.39 is 5.91 Å². The molecule has 0 aliphatic carbocycles. The number of carbonyl (C=O) groups is 2. The van der Waals surface area contributed by atoms with Crippen LogP contribution in [0.5, 0.6) is 0 Å². The summed E-state index contributed by atoms with van der Waals surface area (Å²) >= 11 is 1.79. The summed E-state index contributed by atoms with van der Waals surface area (Å²) in [5.74, 6) is 0.403. The highest BCUT2D eigenvalue weighted by Crippen LogP contribution is 2.16. The quantitative estimate of drug-likeness (QED) is 0.704. The first-order valence-corrected chi connectivity index (χ1v) is 7.52. The molecule has 0 unspecified atom stereocenters. The van der Waals surface area contributed by atoms with Gasteiger partial charge in [-0.1, -0.05) is 13.8 Å². The first-order valence-electron chi connectivity index (χ1n) is 6.47. The van der Waals surface area contributed by atoms with Crippen LogP contribution in [0.25, 0.3) is 0 Å². The third kappa shape index (κ3) is 5.52. The lowest BCUT2D eigenvalue weighted by molar-refractivity contribution is 0.1000. The van der Waals surface area contributed by atoms with Crippen LogP contribution in [0.15, 0.2) is 18.2 Å². The number of urea groups is 1. The second kappa shape index (κ2) is 7.79. The number of primary amides is 1. The Bertz CT molecular complexity index is 489. The van der Waals surface area contributed by atoms with E-state index in [-0.39, 0.29) is 6.03 Å². The number of hydrogen-bond acceptors (Lipinski definition) is 3. The largest absolute Gasteiger partial charge is 0.366 e. The van der Waals surface area contributed by atoms with Crippen LogP contribution in [0.2, 0.25) is 0 Å². The molecule has 0 bridgehead atoms. The van der Waals surface area contributed by atoms with Crippen molar-refractivity contribution in [3.63, 3.8) is 0 Å². The van der Waals surface area contributed by atoms with E-state index in [9.17, 15) is 9.59 Å². The molecule has 1 rings (SSSR count). The third-order valence-corrected chi connectivity index (χ3v) is 3.70. The van der Waals surface area contributed by atoms with Gasteiger partial charge in [-0.15, -0.1) is 0 Å². The molecule has 0 heterocycles. The fraction of sp³-hybridized carbons (Fsp3) is 0.429. The van der Waals surface area contributed by atoms with E-state index in [1.165, 1.54) is 0 Å². The third-order valence-electron chi connectivity index (χ3n) is 2.60. The summed E-state index contributed by atoms with van der Waals surface area (Å²) in [5.41, 5.74) is 7.10. The second-order valence-electron chi connectivity index (χ2n) is 4.69. The van der Waals surface area contributed by atoms with E-state index in [1.807, 2.05) is 6.92 Å². The van der Waals surface area contributed by atoms with Gasteiger partial charge in [0, 0.05) is 23.5 Å². The molecular weight excluding hydrogens is 274 g/mol. The van der Waals surface area contributed by atoms with E-state index in [0.717, 1.165) is 11.3 Å². The first kappa shape index (κ1) is 16.4. The molecule has 0 saturated carbocycles. The molecule has 3 amide bonds. The summed E-state index contributed by atoms with van der Waals surface area (Å²) in [7, 11) is 0. The predicted molar refractivity (Wildman–Crippen MR) is 84.3 cm³/mol. The van der Waals surface area contributed by atoms with Crippen molar-refractivity contribution in [3.05, 3.63) is 29.3 Å². The molecule has 0 aliphatic rings. The minimum absolute atomic E-state index is 0.246. The summed E-state index contributed by atoms with van der Waals surface area (Å²) in [6.45, 7) is 6.67. The molecule has 1 aromatic carbocycles. The van der Waals surface area contributed by atoms with Crippen LogP contribution in [0.3, 0.4) is 0 Å². The number of nitrogens with one attached hydrogen (secondary N) is 2. The Morgan fingerprint density at radius 1 is 1.35 bits per heavy atom. The van der Waals surface area contributed by atoms with E-state index in [4.69, 9.17) is 5.73 Å². The molecule has 0 radical (unpaired) electrons. The molecule has 4 N–H and O–H groups in total. The number of aryl methyl sites for hydroxylation is 1. The van der Waals surface area contributed by atoms with Crippen molar-refractivity contribution in [2.24, 2.45) is 5.73 Å². The number of thioether (sulfide) groups is 1. The number of benzene rings is 1. The zero-order valence-corrected chi connectivity index (χ0v) is 12.8. The predicted octanol–water partition coefficient (Wildman–Crippen LogP) is 2.36. The van der Waals surface area contributed by atoms with Gasteiger partial charge in [-0.3, -0.25) is 4.79 Å². The molecule has 0 spiro atoms. The van der Waals surface area contributed by atoms with Gasteiger partial charge in [-0.25, -0.2) is 4.79 Å². The summed E-state index contributed by atoms with van der Waals surface area (Å²) < 4.78 is 0. The van der Waals surface area contributed by atoms with Crippen LogP contribution in [-0.2, 0) is 0 Å². The number of rotatable bonds is 6. The van der Waals surface area contributed by atoms with Gasteiger partial charge in [0.05, 0.1) is 0 Å². The second-order valence-corrected chi connectivity index (χ2v) is 6.38. The highest BCUT2D eigenvalue weighted by molar-refractivity contribution is 7.99. The molecule has 0 atom stereocenters. The first-order chi connectivity index (χ1) is 9.40. The lowest BCUT2D eigenvalue weighted by atomic mass is 10.1. The lowest BCUT2D eigenvalue weighted by Gasteiger charge is -2.11.